The molecule has 1 aliphatic carbocycles. The van der Waals surface area contributed by atoms with Crippen molar-refractivity contribution in [2.24, 2.45) is 0 Å². The first-order valence-electron chi connectivity index (χ1n) is 10.1. The molecular weight excluding hydrogens is 433 g/mol. The maximum absolute atomic E-state index is 14.3. The van der Waals surface area contributed by atoms with Crippen LogP contribution < -0.4 is 16.0 Å². The first kappa shape index (κ1) is 21.7. The first-order valence-corrected chi connectivity index (χ1v) is 11.0. The molecule has 0 unspecified atom stereocenters. The number of hydrogen-bond donors (Lipinski definition) is 3. The summed E-state index contributed by atoms with van der Waals surface area (Å²) in [5, 5.41) is 9.51. The van der Waals surface area contributed by atoms with E-state index in [0.717, 1.165) is 4.88 Å². The smallest absolute Gasteiger partial charge is 0.331 e. The zero-order chi connectivity index (χ0) is 22.6. The molecule has 1 aliphatic rings. The molecule has 3 N–H and O–H groups in total. The van der Waals surface area contributed by atoms with Crippen molar-refractivity contribution in [3.8, 4) is 0 Å². The SMILES string of the molecule is CCOC(=O)C1(NC(=O)c2ccc(F)c(NCc3cnc(Nc4ccccn4)s3)c2)CC1. The summed E-state index contributed by atoms with van der Waals surface area (Å²) in [6.07, 6.45) is 4.43. The number of hydrogen-bond acceptors (Lipinski definition) is 8. The molecule has 1 aromatic carbocycles. The molecule has 0 spiro atoms. The fourth-order valence-electron chi connectivity index (χ4n) is 3.04. The summed E-state index contributed by atoms with van der Waals surface area (Å²) in [6.45, 7) is 2.29. The number of benzene rings is 1. The lowest BCUT2D eigenvalue weighted by molar-refractivity contribution is -0.146. The Morgan fingerprint density at radius 3 is 2.78 bits per heavy atom. The highest BCUT2D eigenvalue weighted by atomic mass is 32.1. The Hall–Kier alpha value is -3.53. The lowest BCUT2D eigenvalue weighted by Gasteiger charge is -2.16. The van der Waals surface area contributed by atoms with Crippen LogP contribution in [-0.2, 0) is 16.1 Å². The third-order valence-electron chi connectivity index (χ3n) is 4.90. The van der Waals surface area contributed by atoms with Crippen molar-refractivity contribution in [2.45, 2.75) is 31.8 Å². The molecule has 1 amide bonds. The molecule has 0 saturated heterocycles. The van der Waals surface area contributed by atoms with Gasteiger partial charge < -0.3 is 20.7 Å². The first-order chi connectivity index (χ1) is 15.5. The fourth-order valence-corrected chi connectivity index (χ4v) is 3.80. The molecule has 1 fully saturated rings. The summed E-state index contributed by atoms with van der Waals surface area (Å²) in [5.41, 5.74) is -0.521. The van der Waals surface area contributed by atoms with Crippen LogP contribution in [0.1, 0.15) is 35.0 Å². The zero-order valence-corrected chi connectivity index (χ0v) is 18.2. The van der Waals surface area contributed by atoms with Gasteiger partial charge in [0.25, 0.3) is 5.91 Å². The second-order valence-corrected chi connectivity index (χ2v) is 8.39. The number of carbonyl (C=O) groups excluding carboxylic acids is 2. The Morgan fingerprint density at radius 2 is 2.06 bits per heavy atom. The molecule has 2 heterocycles. The van der Waals surface area contributed by atoms with Crippen molar-refractivity contribution in [1.29, 1.82) is 0 Å². The number of amides is 1. The van der Waals surface area contributed by atoms with Crippen LogP contribution in [0.2, 0.25) is 0 Å². The summed E-state index contributed by atoms with van der Waals surface area (Å²) >= 11 is 1.41. The van der Waals surface area contributed by atoms with Gasteiger partial charge in [-0.3, -0.25) is 4.79 Å². The number of aromatic nitrogens is 2. The van der Waals surface area contributed by atoms with Crippen LogP contribution in [0, 0.1) is 5.82 Å². The number of rotatable bonds is 9. The number of nitrogens with zero attached hydrogens (tertiary/aromatic N) is 2. The van der Waals surface area contributed by atoms with E-state index >= 15 is 0 Å². The number of nitrogens with one attached hydrogen (secondary N) is 3. The molecular formula is C22H22FN5O3S. The van der Waals surface area contributed by atoms with E-state index in [1.54, 1.807) is 19.3 Å². The van der Waals surface area contributed by atoms with E-state index in [1.807, 2.05) is 18.2 Å². The number of halogens is 1. The molecule has 32 heavy (non-hydrogen) atoms. The van der Waals surface area contributed by atoms with Crippen LogP contribution in [0.25, 0.3) is 0 Å². The minimum absolute atomic E-state index is 0.186. The molecule has 0 radical (unpaired) electrons. The number of thiazole rings is 1. The predicted octanol–water partition coefficient (Wildman–Crippen LogP) is 3.86. The number of pyridine rings is 1. The van der Waals surface area contributed by atoms with E-state index in [-0.39, 0.29) is 17.9 Å². The Labute approximate surface area is 188 Å². The van der Waals surface area contributed by atoms with Gasteiger partial charge in [-0.1, -0.05) is 17.4 Å². The Balaban J connectivity index is 1.38. The van der Waals surface area contributed by atoms with Crippen LogP contribution in [-0.4, -0.2) is 34.0 Å². The van der Waals surface area contributed by atoms with Gasteiger partial charge in [0.05, 0.1) is 18.8 Å². The molecule has 0 atom stereocenters. The van der Waals surface area contributed by atoms with Crippen molar-refractivity contribution in [2.75, 3.05) is 17.2 Å². The van der Waals surface area contributed by atoms with Crippen LogP contribution in [0.15, 0.2) is 48.8 Å². The highest BCUT2D eigenvalue weighted by Gasteiger charge is 2.52. The third kappa shape index (κ3) is 5.02. The third-order valence-corrected chi connectivity index (χ3v) is 5.82. The Kier molecular flexibility index (Phi) is 6.31. The van der Waals surface area contributed by atoms with Crippen molar-refractivity contribution in [3.05, 3.63) is 65.0 Å². The lowest BCUT2D eigenvalue weighted by atomic mass is 10.1. The van der Waals surface area contributed by atoms with Gasteiger partial charge in [-0.05, 0) is 50.1 Å². The van der Waals surface area contributed by atoms with Gasteiger partial charge in [-0.25, -0.2) is 19.2 Å². The van der Waals surface area contributed by atoms with Crippen molar-refractivity contribution in [3.63, 3.8) is 0 Å². The van der Waals surface area contributed by atoms with Crippen LogP contribution >= 0.6 is 11.3 Å². The molecule has 4 rings (SSSR count). The molecule has 0 bridgehead atoms. The number of anilines is 3. The summed E-state index contributed by atoms with van der Waals surface area (Å²) in [6, 6.07) is 9.57. The van der Waals surface area contributed by atoms with Crippen LogP contribution in [0.3, 0.4) is 0 Å². The van der Waals surface area contributed by atoms with Crippen LogP contribution in [0.5, 0.6) is 0 Å². The number of carbonyl (C=O) groups is 2. The molecule has 166 valence electrons. The van der Waals surface area contributed by atoms with Gasteiger partial charge >= 0.3 is 5.97 Å². The average molecular weight is 456 g/mol. The van der Waals surface area contributed by atoms with E-state index in [9.17, 15) is 14.0 Å². The quantitative estimate of drug-likeness (QED) is 0.421. The molecule has 0 aliphatic heterocycles. The number of ether oxygens (including phenoxy) is 1. The Morgan fingerprint density at radius 1 is 1.22 bits per heavy atom. The van der Waals surface area contributed by atoms with Gasteiger partial charge in [-0.15, -0.1) is 0 Å². The normalized spacial score (nSPS) is 13.8. The van der Waals surface area contributed by atoms with E-state index in [2.05, 4.69) is 25.9 Å². The van der Waals surface area contributed by atoms with Gasteiger partial charge in [0.1, 0.15) is 17.2 Å². The minimum atomic E-state index is -0.964. The topological polar surface area (TPSA) is 105 Å². The second-order valence-electron chi connectivity index (χ2n) is 7.28. The summed E-state index contributed by atoms with van der Waals surface area (Å²) in [4.78, 5) is 34.1. The molecule has 3 aromatic rings. The summed E-state index contributed by atoms with van der Waals surface area (Å²) in [7, 11) is 0. The van der Waals surface area contributed by atoms with Gasteiger partial charge in [-0.2, -0.15) is 0 Å². The van der Waals surface area contributed by atoms with Crippen LogP contribution in [0.4, 0.5) is 21.0 Å². The molecule has 1 saturated carbocycles. The molecule has 8 nitrogen and oxygen atoms in total. The van der Waals surface area contributed by atoms with Crippen molar-refractivity contribution >= 4 is 39.9 Å². The zero-order valence-electron chi connectivity index (χ0n) is 17.4. The monoisotopic (exact) mass is 455 g/mol. The van der Waals surface area contributed by atoms with Gasteiger partial charge in [0.15, 0.2) is 5.13 Å². The minimum Gasteiger partial charge on any atom is -0.464 e. The van der Waals surface area contributed by atoms with E-state index < -0.39 is 23.2 Å². The van der Waals surface area contributed by atoms with E-state index in [4.69, 9.17) is 4.74 Å². The summed E-state index contributed by atoms with van der Waals surface area (Å²) < 4.78 is 19.3. The van der Waals surface area contributed by atoms with E-state index in [0.29, 0.717) is 30.3 Å². The fraction of sp³-hybridized carbons (Fsp3) is 0.273. The lowest BCUT2D eigenvalue weighted by Crippen LogP contribution is -2.44. The number of esters is 1. The second kappa shape index (κ2) is 9.31. The van der Waals surface area contributed by atoms with Gasteiger partial charge in [0, 0.05) is 22.8 Å². The summed E-state index contributed by atoms with van der Waals surface area (Å²) in [5.74, 6) is -0.681. The maximum Gasteiger partial charge on any atom is 0.331 e. The van der Waals surface area contributed by atoms with Crippen molar-refractivity contribution < 1.29 is 18.7 Å². The largest absolute Gasteiger partial charge is 0.464 e. The molecule has 10 heteroatoms. The highest BCUT2D eigenvalue weighted by molar-refractivity contribution is 7.15. The standard InChI is InChI=1S/C22H22FN5O3S/c1-2-31-20(30)22(8-9-22)28-19(29)14-6-7-16(23)17(11-14)25-12-15-13-26-21(32-15)27-18-5-3-4-10-24-18/h3-7,10-11,13,25H,2,8-9,12H2,1H3,(H,28,29)(H,24,26,27). The predicted molar refractivity (Wildman–Crippen MR) is 119 cm³/mol. The maximum atomic E-state index is 14.3. The highest BCUT2D eigenvalue weighted by Crippen LogP contribution is 2.37. The molecule has 2 aromatic heterocycles. The van der Waals surface area contributed by atoms with Crippen molar-refractivity contribution in [1.82, 2.24) is 15.3 Å². The average Bonchev–Trinajstić information content (AvgIpc) is 3.44. The van der Waals surface area contributed by atoms with E-state index in [1.165, 1.54) is 29.5 Å². The Bertz CT molecular complexity index is 1120. The van der Waals surface area contributed by atoms with Gasteiger partial charge in [0.2, 0.25) is 0 Å².